The largest absolute Gasteiger partial charge is 0.367 e. The predicted molar refractivity (Wildman–Crippen MR) is 73.1 cm³/mol. The third-order valence-corrected chi connectivity index (χ3v) is 3.60. The van der Waals surface area contributed by atoms with Gasteiger partial charge in [-0.3, -0.25) is 0 Å². The number of nitrogens with one attached hydrogen (secondary N) is 1. The fourth-order valence-corrected chi connectivity index (χ4v) is 2.35. The molecule has 4 heteroatoms. The molecule has 0 radical (unpaired) electrons. The van der Waals surface area contributed by atoms with Gasteiger partial charge in [-0.05, 0) is 52.2 Å². The molecule has 2 atom stereocenters. The van der Waals surface area contributed by atoms with Crippen molar-refractivity contribution in [2.75, 3.05) is 5.32 Å². The standard InChI is InChI=1S/C14H12BrFN2/c15-10-4-5-14(17-8-10)18-13-7-12(13)9-2-1-3-11(16)6-9/h1-6,8,12-13H,7H2,(H,17,18)/t12-,13+/m0/s1. The van der Waals surface area contributed by atoms with Crippen molar-refractivity contribution in [2.24, 2.45) is 0 Å². The number of halogens is 2. The Morgan fingerprint density at radius 2 is 2.17 bits per heavy atom. The van der Waals surface area contributed by atoms with E-state index in [9.17, 15) is 4.39 Å². The summed E-state index contributed by atoms with van der Waals surface area (Å²) in [6, 6.07) is 11.1. The molecule has 1 aromatic carbocycles. The summed E-state index contributed by atoms with van der Waals surface area (Å²) in [5.74, 6) is 1.09. The van der Waals surface area contributed by atoms with Crippen molar-refractivity contribution in [1.82, 2.24) is 4.98 Å². The first-order chi connectivity index (χ1) is 8.72. The second-order valence-electron chi connectivity index (χ2n) is 4.51. The molecule has 1 saturated carbocycles. The lowest BCUT2D eigenvalue weighted by Crippen LogP contribution is -2.05. The van der Waals surface area contributed by atoms with Gasteiger partial charge in [-0.25, -0.2) is 9.37 Å². The summed E-state index contributed by atoms with van der Waals surface area (Å²) >= 11 is 3.35. The van der Waals surface area contributed by atoms with Gasteiger partial charge >= 0.3 is 0 Å². The average Bonchev–Trinajstić information content (AvgIpc) is 3.12. The van der Waals surface area contributed by atoms with Crippen molar-refractivity contribution in [3.8, 4) is 0 Å². The molecular weight excluding hydrogens is 295 g/mol. The van der Waals surface area contributed by atoms with E-state index in [1.165, 1.54) is 6.07 Å². The fraction of sp³-hybridized carbons (Fsp3) is 0.214. The van der Waals surface area contributed by atoms with Crippen LogP contribution in [-0.4, -0.2) is 11.0 Å². The molecule has 3 rings (SSSR count). The van der Waals surface area contributed by atoms with E-state index in [0.717, 1.165) is 22.3 Å². The number of benzene rings is 1. The van der Waals surface area contributed by atoms with Crippen LogP contribution in [0.3, 0.4) is 0 Å². The van der Waals surface area contributed by atoms with Crippen molar-refractivity contribution < 1.29 is 4.39 Å². The van der Waals surface area contributed by atoms with Crippen LogP contribution in [-0.2, 0) is 0 Å². The van der Waals surface area contributed by atoms with E-state index in [-0.39, 0.29) is 5.82 Å². The molecule has 0 spiro atoms. The van der Waals surface area contributed by atoms with Gasteiger partial charge in [0.1, 0.15) is 11.6 Å². The Morgan fingerprint density at radius 1 is 1.28 bits per heavy atom. The van der Waals surface area contributed by atoms with E-state index >= 15 is 0 Å². The maximum atomic E-state index is 13.1. The van der Waals surface area contributed by atoms with Gasteiger partial charge in [-0.15, -0.1) is 0 Å². The zero-order valence-electron chi connectivity index (χ0n) is 9.61. The Morgan fingerprint density at radius 3 is 2.89 bits per heavy atom. The minimum atomic E-state index is -0.167. The Balaban J connectivity index is 1.66. The van der Waals surface area contributed by atoms with E-state index in [1.54, 1.807) is 18.3 Å². The van der Waals surface area contributed by atoms with Gasteiger partial charge in [-0.2, -0.15) is 0 Å². The quantitative estimate of drug-likeness (QED) is 0.928. The van der Waals surface area contributed by atoms with E-state index in [1.807, 2.05) is 18.2 Å². The van der Waals surface area contributed by atoms with E-state index in [4.69, 9.17) is 0 Å². The number of hydrogen-bond donors (Lipinski definition) is 1. The predicted octanol–water partition coefficient (Wildman–Crippen LogP) is 3.95. The highest BCUT2D eigenvalue weighted by Gasteiger charge is 2.38. The Bertz CT molecular complexity index is 556. The summed E-state index contributed by atoms with van der Waals surface area (Å²) in [5.41, 5.74) is 1.06. The summed E-state index contributed by atoms with van der Waals surface area (Å²) < 4.78 is 14.1. The molecule has 1 fully saturated rings. The first kappa shape index (κ1) is 11.7. The van der Waals surface area contributed by atoms with Crippen molar-refractivity contribution in [3.05, 3.63) is 58.4 Å². The Labute approximate surface area is 113 Å². The fourth-order valence-electron chi connectivity index (χ4n) is 2.11. The summed E-state index contributed by atoms with van der Waals surface area (Å²) in [6.45, 7) is 0. The number of anilines is 1. The van der Waals surface area contributed by atoms with Crippen LogP contribution in [0.25, 0.3) is 0 Å². The number of pyridine rings is 1. The first-order valence-corrected chi connectivity index (χ1v) is 6.65. The zero-order valence-corrected chi connectivity index (χ0v) is 11.2. The molecular formula is C14H12BrFN2. The van der Waals surface area contributed by atoms with Crippen LogP contribution in [0.1, 0.15) is 17.9 Å². The van der Waals surface area contributed by atoms with Gasteiger partial charge in [0, 0.05) is 22.6 Å². The molecule has 92 valence electrons. The van der Waals surface area contributed by atoms with Crippen LogP contribution in [0.15, 0.2) is 47.1 Å². The van der Waals surface area contributed by atoms with Gasteiger partial charge in [-0.1, -0.05) is 12.1 Å². The van der Waals surface area contributed by atoms with Crippen LogP contribution in [0, 0.1) is 5.82 Å². The van der Waals surface area contributed by atoms with Gasteiger partial charge in [0.05, 0.1) is 0 Å². The van der Waals surface area contributed by atoms with Crippen LogP contribution >= 0.6 is 15.9 Å². The van der Waals surface area contributed by atoms with E-state index in [2.05, 4.69) is 26.2 Å². The smallest absolute Gasteiger partial charge is 0.126 e. The minimum Gasteiger partial charge on any atom is -0.367 e. The molecule has 1 heterocycles. The lowest BCUT2D eigenvalue weighted by atomic mass is 10.1. The van der Waals surface area contributed by atoms with Gasteiger partial charge in [0.15, 0.2) is 0 Å². The van der Waals surface area contributed by atoms with E-state index in [0.29, 0.717) is 12.0 Å². The normalized spacial score (nSPS) is 21.7. The van der Waals surface area contributed by atoms with E-state index < -0.39 is 0 Å². The summed E-state index contributed by atoms with van der Waals surface area (Å²) in [4.78, 5) is 4.27. The molecule has 2 aromatic rings. The minimum absolute atomic E-state index is 0.167. The Hall–Kier alpha value is -1.42. The van der Waals surface area contributed by atoms with Crippen LogP contribution in [0.5, 0.6) is 0 Å². The zero-order chi connectivity index (χ0) is 12.5. The van der Waals surface area contributed by atoms with Crippen LogP contribution in [0.4, 0.5) is 10.2 Å². The summed E-state index contributed by atoms with van der Waals surface area (Å²) in [7, 11) is 0. The molecule has 0 unspecified atom stereocenters. The van der Waals surface area contributed by atoms with Crippen molar-refractivity contribution >= 4 is 21.7 Å². The topological polar surface area (TPSA) is 24.9 Å². The maximum Gasteiger partial charge on any atom is 0.126 e. The highest BCUT2D eigenvalue weighted by atomic mass is 79.9. The van der Waals surface area contributed by atoms with Gasteiger partial charge < -0.3 is 5.32 Å². The van der Waals surface area contributed by atoms with Crippen molar-refractivity contribution in [2.45, 2.75) is 18.4 Å². The Kier molecular flexibility index (Phi) is 3.04. The molecule has 0 bridgehead atoms. The average molecular weight is 307 g/mol. The lowest BCUT2D eigenvalue weighted by Gasteiger charge is -2.05. The molecule has 1 aliphatic rings. The highest BCUT2D eigenvalue weighted by molar-refractivity contribution is 9.10. The molecule has 18 heavy (non-hydrogen) atoms. The molecule has 2 nitrogen and oxygen atoms in total. The van der Waals surface area contributed by atoms with Crippen molar-refractivity contribution in [1.29, 1.82) is 0 Å². The molecule has 1 N–H and O–H groups in total. The van der Waals surface area contributed by atoms with Gasteiger partial charge in [0.2, 0.25) is 0 Å². The second-order valence-corrected chi connectivity index (χ2v) is 5.43. The summed E-state index contributed by atoms with van der Waals surface area (Å²) in [5, 5.41) is 3.36. The molecule has 0 aliphatic heterocycles. The lowest BCUT2D eigenvalue weighted by molar-refractivity contribution is 0.625. The number of hydrogen-bond acceptors (Lipinski definition) is 2. The van der Waals surface area contributed by atoms with Crippen LogP contribution in [0.2, 0.25) is 0 Å². The van der Waals surface area contributed by atoms with Crippen LogP contribution < -0.4 is 5.32 Å². The molecule has 0 amide bonds. The molecule has 1 aliphatic carbocycles. The molecule has 1 aromatic heterocycles. The third kappa shape index (κ3) is 2.53. The summed E-state index contributed by atoms with van der Waals surface area (Å²) in [6.07, 6.45) is 2.79. The monoisotopic (exact) mass is 306 g/mol. The second kappa shape index (κ2) is 4.69. The number of rotatable bonds is 3. The maximum absolute atomic E-state index is 13.1. The number of aromatic nitrogens is 1. The first-order valence-electron chi connectivity index (χ1n) is 5.86. The SMILES string of the molecule is Fc1cccc([C@@H]2C[C@H]2Nc2ccc(Br)cn2)c1. The van der Waals surface area contributed by atoms with Crippen molar-refractivity contribution in [3.63, 3.8) is 0 Å². The highest BCUT2D eigenvalue weighted by Crippen LogP contribution is 2.42. The van der Waals surface area contributed by atoms with Gasteiger partial charge in [0.25, 0.3) is 0 Å². The number of nitrogens with zero attached hydrogens (tertiary/aromatic N) is 1. The third-order valence-electron chi connectivity index (χ3n) is 3.13. The molecule has 0 saturated heterocycles.